The molecule has 0 bridgehead atoms. The summed E-state index contributed by atoms with van der Waals surface area (Å²) in [5.74, 6) is -2.74. The molecule has 22 heavy (non-hydrogen) atoms. The van der Waals surface area contributed by atoms with E-state index in [9.17, 15) is 19.1 Å². The van der Waals surface area contributed by atoms with E-state index in [4.69, 9.17) is 11.6 Å². The van der Waals surface area contributed by atoms with Crippen molar-refractivity contribution in [1.29, 1.82) is 0 Å². The smallest absolute Gasteiger partial charge is 0.313 e. The van der Waals surface area contributed by atoms with Gasteiger partial charge in [-0.05, 0) is 40.6 Å². The minimum absolute atomic E-state index is 0.119. The molecule has 1 aromatic carbocycles. The molecule has 5 nitrogen and oxygen atoms in total. The lowest BCUT2D eigenvalue weighted by Crippen LogP contribution is -2.37. The molecule has 1 unspecified atom stereocenters. The Kier molecular flexibility index (Phi) is 5.48. The Balaban J connectivity index is 1.88. The third-order valence-electron chi connectivity index (χ3n) is 2.77. The fourth-order valence-electron chi connectivity index (χ4n) is 1.62. The maximum Gasteiger partial charge on any atom is 0.313 e. The van der Waals surface area contributed by atoms with E-state index in [1.54, 1.807) is 16.8 Å². The summed E-state index contributed by atoms with van der Waals surface area (Å²) >= 11 is 7.00. The molecule has 1 heterocycles. The lowest BCUT2D eigenvalue weighted by molar-refractivity contribution is -0.136. The van der Waals surface area contributed by atoms with Gasteiger partial charge < -0.3 is 15.7 Å². The molecule has 0 fully saturated rings. The molecule has 1 atom stereocenters. The molecule has 0 saturated carbocycles. The van der Waals surface area contributed by atoms with Crippen LogP contribution in [0, 0.1) is 5.82 Å². The molecular weight excluding hydrogens is 331 g/mol. The summed E-state index contributed by atoms with van der Waals surface area (Å²) in [6, 6.07) is 5.38. The number of hydrogen-bond donors (Lipinski definition) is 3. The minimum atomic E-state index is -1.03. The van der Waals surface area contributed by atoms with E-state index in [2.05, 4.69) is 10.6 Å². The number of halogens is 2. The van der Waals surface area contributed by atoms with Crippen LogP contribution >= 0.6 is 22.9 Å². The number of thiophene rings is 1. The Labute approximate surface area is 134 Å². The van der Waals surface area contributed by atoms with Crippen LogP contribution in [-0.4, -0.2) is 23.5 Å². The number of aliphatic hydroxyl groups excluding tert-OH is 1. The van der Waals surface area contributed by atoms with E-state index in [0.29, 0.717) is 5.56 Å². The third kappa shape index (κ3) is 4.27. The predicted molar refractivity (Wildman–Crippen MR) is 82.3 cm³/mol. The standard InChI is InChI=1S/C14H12ClFN2O3S/c15-9-1-2-11(10(16)5-9)18-14(21)13(20)17-6-12(19)8-3-4-22-7-8/h1-5,7,12,19H,6H2,(H,17,20)(H,18,21). The summed E-state index contributed by atoms with van der Waals surface area (Å²) in [7, 11) is 0. The Hall–Kier alpha value is -1.96. The quantitative estimate of drug-likeness (QED) is 0.746. The first kappa shape index (κ1) is 16.4. The lowest BCUT2D eigenvalue weighted by atomic mass is 10.2. The van der Waals surface area contributed by atoms with Crippen molar-refractivity contribution < 1.29 is 19.1 Å². The van der Waals surface area contributed by atoms with Crippen molar-refractivity contribution in [2.45, 2.75) is 6.10 Å². The summed E-state index contributed by atoms with van der Waals surface area (Å²) in [4.78, 5) is 23.3. The average molecular weight is 343 g/mol. The molecule has 0 aliphatic rings. The van der Waals surface area contributed by atoms with Crippen LogP contribution in [0.25, 0.3) is 0 Å². The number of benzene rings is 1. The summed E-state index contributed by atoms with van der Waals surface area (Å²) in [6.07, 6.45) is -0.907. The number of carbonyl (C=O) groups is 2. The van der Waals surface area contributed by atoms with Gasteiger partial charge in [-0.25, -0.2) is 4.39 Å². The molecule has 2 amide bonds. The van der Waals surface area contributed by atoms with E-state index >= 15 is 0 Å². The first-order valence-electron chi connectivity index (χ1n) is 6.22. The van der Waals surface area contributed by atoms with Crippen LogP contribution in [0.5, 0.6) is 0 Å². The lowest BCUT2D eigenvalue weighted by Gasteiger charge is -2.11. The number of aliphatic hydroxyl groups is 1. The van der Waals surface area contributed by atoms with Gasteiger partial charge in [-0.1, -0.05) is 11.6 Å². The molecule has 0 saturated heterocycles. The second-order valence-electron chi connectivity index (χ2n) is 4.36. The number of anilines is 1. The maximum absolute atomic E-state index is 13.5. The third-order valence-corrected chi connectivity index (χ3v) is 3.71. The zero-order valence-electron chi connectivity index (χ0n) is 11.2. The van der Waals surface area contributed by atoms with E-state index in [-0.39, 0.29) is 17.3 Å². The summed E-state index contributed by atoms with van der Waals surface area (Å²) in [5, 5.41) is 17.9. The molecule has 2 aromatic rings. The molecule has 2 rings (SSSR count). The molecule has 8 heteroatoms. The van der Waals surface area contributed by atoms with Gasteiger partial charge in [-0.3, -0.25) is 9.59 Å². The van der Waals surface area contributed by atoms with Crippen LogP contribution < -0.4 is 10.6 Å². The number of nitrogens with one attached hydrogen (secondary N) is 2. The summed E-state index contributed by atoms with van der Waals surface area (Å²) in [5.41, 5.74) is 0.498. The van der Waals surface area contributed by atoms with E-state index in [1.165, 1.54) is 23.5 Å². The number of hydrogen-bond acceptors (Lipinski definition) is 4. The van der Waals surface area contributed by atoms with Crippen molar-refractivity contribution in [1.82, 2.24) is 5.32 Å². The van der Waals surface area contributed by atoms with E-state index < -0.39 is 23.7 Å². The zero-order valence-corrected chi connectivity index (χ0v) is 12.7. The van der Waals surface area contributed by atoms with Gasteiger partial charge in [-0.15, -0.1) is 0 Å². The van der Waals surface area contributed by atoms with Gasteiger partial charge in [0, 0.05) is 11.6 Å². The maximum atomic E-state index is 13.5. The zero-order chi connectivity index (χ0) is 16.1. The molecule has 1 aromatic heterocycles. The number of amides is 2. The van der Waals surface area contributed by atoms with Crippen LogP contribution in [-0.2, 0) is 9.59 Å². The van der Waals surface area contributed by atoms with Gasteiger partial charge in [0.25, 0.3) is 0 Å². The minimum Gasteiger partial charge on any atom is -0.387 e. The van der Waals surface area contributed by atoms with Crippen molar-refractivity contribution in [2.75, 3.05) is 11.9 Å². The van der Waals surface area contributed by atoms with Crippen LogP contribution in [0.3, 0.4) is 0 Å². The van der Waals surface area contributed by atoms with Crippen LogP contribution in [0.2, 0.25) is 5.02 Å². The van der Waals surface area contributed by atoms with Crippen molar-refractivity contribution >= 4 is 40.4 Å². The van der Waals surface area contributed by atoms with Gasteiger partial charge >= 0.3 is 11.8 Å². The van der Waals surface area contributed by atoms with Crippen LogP contribution in [0.1, 0.15) is 11.7 Å². The first-order valence-corrected chi connectivity index (χ1v) is 7.54. The fraction of sp³-hybridized carbons (Fsp3) is 0.143. The van der Waals surface area contributed by atoms with Crippen LogP contribution in [0.4, 0.5) is 10.1 Å². The Morgan fingerprint density at radius 2 is 2.09 bits per heavy atom. The highest BCUT2D eigenvalue weighted by atomic mass is 35.5. The molecular formula is C14H12ClFN2O3S. The van der Waals surface area contributed by atoms with Crippen molar-refractivity contribution in [3.05, 3.63) is 51.4 Å². The Morgan fingerprint density at radius 1 is 1.32 bits per heavy atom. The first-order chi connectivity index (χ1) is 10.5. The Bertz CT molecular complexity index is 679. The average Bonchev–Trinajstić information content (AvgIpc) is 3.01. The molecule has 0 spiro atoms. The van der Waals surface area contributed by atoms with E-state index in [0.717, 1.165) is 6.07 Å². The second kappa shape index (κ2) is 7.35. The second-order valence-corrected chi connectivity index (χ2v) is 5.58. The van der Waals surface area contributed by atoms with Crippen molar-refractivity contribution in [3.63, 3.8) is 0 Å². The Morgan fingerprint density at radius 3 is 2.73 bits per heavy atom. The normalized spacial score (nSPS) is 11.8. The molecule has 0 radical (unpaired) electrons. The highest BCUT2D eigenvalue weighted by Gasteiger charge is 2.17. The summed E-state index contributed by atoms with van der Waals surface area (Å²) in [6.45, 7) is -0.119. The van der Waals surface area contributed by atoms with Gasteiger partial charge in [0.1, 0.15) is 5.82 Å². The monoisotopic (exact) mass is 342 g/mol. The molecule has 0 aliphatic carbocycles. The van der Waals surface area contributed by atoms with Gasteiger partial charge in [0.15, 0.2) is 0 Å². The van der Waals surface area contributed by atoms with Gasteiger partial charge in [0.05, 0.1) is 11.8 Å². The number of rotatable bonds is 4. The highest BCUT2D eigenvalue weighted by molar-refractivity contribution is 7.07. The van der Waals surface area contributed by atoms with Crippen LogP contribution in [0.15, 0.2) is 35.0 Å². The van der Waals surface area contributed by atoms with Crippen molar-refractivity contribution in [3.8, 4) is 0 Å². The topological polar surface area (TPSA) is 78.4 Å². The fourth-order valence-corrected chi connectivity index (χ4v) is 2.49. The van der Waals surface area contributed by atoms with E-state index in [1.807, 2.05) is 0 Å². The van der Waals surface area contributed by atoms with Crippen molar-refractivity contribution in [2.24, 2.45) is 0 Å². The molecule has 3 N–H and O–H groups in total. The molecule has 116 valence electrons. The number of carbonyl (C=O) groups excluding carboxylic acids is 2. The highest BCUT2D eigenvalue weighted by Crippen LogP contribution is 2.19. The largest absolute Gasteiger partial charge is 0.387 e. The van der Waals surface area contributed by atoms with Gasteiger partial charge in [-0.2, -0.15) is 11.3 Å². The summed E-state index contributed by atoms with van der Waals surface area (Å²) < 4.78 is 13.5. The molecule has 0 aliphatic heterocycles. The predicted octanol–water partition coefficient (Wildman–Crippen LogP) is 2.33. The SMILES string of the molecule is O=C(NCC(O)c1ccsc1)C(=O)Nc1ccc(Cl)cc1F. The van der Waals surface area contributed by atoms with Gasteiger partial charge in [0.2, 0.25) is 0 Å².